The van der Waals surface area contributed by atoms with Crippen molar-refractivity contribution >= 4 is 10.0 Å². The van der Waals surface area contributed by atoms with Crippen LogP contribution in [0.1, 0.15) is 39.2 Å². The molecule has 0 bridgehead atoms. The Morgan fingerprint density at radius 2 is 2.00 bits per heavy atom. The summed E-state index contributed by atoms with van der Waals surface area (Å²) in [4.78, 5) is 2.34. The van der Waals surface area contributed by atoms with Gasteiger partial charge in [0.05, 0.1) is 6.61 Å². The molecular formula is C23H34N2O5S. The van der Waals surface area contributed by atoms with Crippen molar-refractivity contribution in [2.24, 2.45) is 11.8 Å². The zero-order valence-electron chi connectivity index (χ0n) is 18.8. The van der Waals surface area contributed by atoms with Gasteiger partial charge in [-0.2, -0.15) is 4.31 Å². The normalized spacial score (nSPS) is 25.4. The molecule has 0 unspecified atom stereocenters. The maximum atomic E-state index is 13.4. The van der Waals surface area contributed by atoms with Crippen LogP contribution in [0.3, 0.4) is 0 Å². The van der Waals surface area contributed by atoms with Gasteiger partial charge in [-0.25, -0.2) is 8.42 Å². The van der Waals surface area contributed by atoms with E-state index in [1.165, 1.54) is 23.2 Å². The van der Waals surface area contributed by atoms with Crippen molar-refractivity contribution in [2.45, 2.75) is 56.8 Å². The standard InChI is InChI=1S/C23H34N2O5S/c1-16-12-25(17(2)15-26)31(28,29)23-10-9-19(6-5-18(3)27)11-21(23)30-22(16)14-24(4)13-20-7-8-20/h9-11,16-18,20,22,26-27H,7-8,12-15H2,1-4H3/t16-,17-,18-,22+/m1/s1. The molecule has 1 aliphatic carbocycles. The van der Waals surface area contributed by atoms with Crippen molar-refractivity contribution < 1.29 is 23.4 Å². The SMILES string of the molecule is C[C@@H]1CN([C@H](C)CO)S(=O)(=O)c2ccc(C#C[C@@H](C)O)cc2O[C@H]1CN(C)CC1CC1. The van der Waals surface area contributed by atoms with Crippen molar-refractivity contribution in [1.29, 1.82) is 0 Å². The van der Waals surface area contributed by atoms with Crippen LogP contribution < -0.4 is 4.74 Å². The number of hydrogen-bond donors (Lipinski definition) is 2. The van der Waals surface area contributed by atoms with Gasteiger partial charge in [0.25, 0.3) is 0 Å². The second kappa shape index (κ2) is 9.88. The third-order valence-corrected chi connectivity index (χ3v) is 7.87. The highest BCUT2D eigenvalue weighted by Gasteiger charge is 2.38. The lowest BCUT2D eigenvalue weighted by molar-refractivity contribution is 0.0740. The fourth-order valence-corrected chi connectivity index (χ4v) is 5.66. The van der Waals surface area contributed by atoms with E-state index >= 15 is 0 Å². The molecule has 0 saturated heterocycles. The van der Waals surface area contributed by atoms with E-state index in [1.807, 2.05) is 6.92 Å². The summed E-state index contributed by atoms with van der Waals surface area (Å²) in [6, 6.07) is 4.22. The fraction of sp³-hybridized carbons (Fsp3) is 0.652. The van der Waals surface area contributed by atoms with E-state index < -0.39 is 22.2 Å². The number of benzene rings is 1. The van der Waals surface area contributed by atoms with Gasteiger partial charge in [-0.15, -0.1) is 0 Å². The molecule has 0 aromatic heterocycles. The number of ether oxygens (including phenoxy) is 1. The van der Waals surface area contributed by atoms with Gasteiger partial charge < -0.3 is 19.8 Å². The van der Waals surface area contributed by atoms with Crippen LogP contribution in [0.5, 0.6) is 5.75 Å². The van der Waals surface area contributed by atoms with Crippen molar-refractivity contribution in [2.75, 3.05) is 33.3 Å². The summed E-state index contributed by atoms with van der Waals surface area (Å²) < 4.78 is 34.6. The fourth-order valence-electron chi connectivity index (χ4n) is 3.83. The Hall–Kier alpha value is -1.63. The van der Waals surface area contributed by atoms with E-state index in [0.717, 1.165) is 12.5 Å². The Bertz CT molecular complexity index is 933. The number of aliphatic hydroxyl groups is 2. The van der Waals surface area contributed by atoms with Gasteiger partial charge in [-0.3, -0.25) is 0 Å². The van der Waals surface area contributed by atoms with Crippen molar-refractivity contribution in [3.05, 3.63) is 23.8 Å². The topological polar surface area (TPSA) is 90.3 Å². The monoisotopic (exact) mass is 450 g/mol. The van der Waals surface area contributed by atoms with E-state index in [2.05, 4.69) is 23.8 Å². The summed E-state index contributed by atoms with van der Waals surface area (Å²) >= 11 is 0. The lowest BCUT2D eigenvalue weighted by Gasteiger charge is -2.37. The van der Waals surface area contributed by atoms with Crippen LogP contribution in [0.2, 0.25) is 0 Å². The molecule has 0 radical (unpaired) electrons. The van der Waals surface area contributed by atoms with Crippen LogP contribution in [0.15, 0.2) is 23.1 Å². The molecule has 31 heavy (non-hydrogen) atoms. The zero-order valence-corrected chi connectivity index (χ0v) is 19.6. The smallest absolute Gasteiger partial charge is 0.247 e. The van der Waals surface area contributed by atoms with Gasteiger partial charge in [0.2, 0.25) is 10.0 Å². The van der Waals surface area contributed by atoms with Crippen LogP contribution >= 0.6 is 0 Å². The van der Waals surface area contributed by atoms with E-state index in [0.29, 0.717) is 12.1 Å². The molecule has 2 aliphatic rings. The molecule has 8 heteroatoms. The first-order chi connectivity index (χ1) is 14.6. The molecule has 1 aliphatic heterocycles. The number of aliphatic hydroxyl groups excluding tert-OH is 2. The molecule has 3 rings (SSSR count). The number of rotatable bonds is 6. The van der Waals surface area contributed by atoms with Gasteiger partial charge in [0, 0.05) is 37.2 Å². The summed E-state index contributed by atoms with van der Waals surface area (Å²) in [7, 11) is -1.79. The van der Waals surface area contributed by atoms with E-state index in [9.17, 15) is 18.6 Å². The van der Waals surface area contributed by atoms with Crippen molar-refractivity contribution in [3.63, 3.8) is 0 Å². The van der Waals surface area contributed by atoms with Crippen molar-refractivity contribution in [3.8, 4) is 17.6 Å². The second-order valence-corrected chi connectivity index (χ2v) is 10.9. The van der Waals surface area contributed by atoms with Gasteiger partial charge >= 0.3 is 0 Å². The molecule has 4 atom stereocenters. The second-order valence-electron chi connectivity index (χ2n) is 9.01. The third kappa shape index (κ3) is 5.99. The van der Waals surface area contributed by atoms with Crippen LogP contribution in [-0.2, 0) is 10.0 Å². The average molecular weight is 451 g/mol. The number of likely N-dealkylation sites (N-methyl/N-ethyl adjacent to an activating group) is 1. The first kappa shape index (κ1) is 24.0. The maximum Gasteiger partial charge on any atom is 0.247 e. The number of sulfonamides is 1. The van der Waals surface area contributed by atoms with E-state index in [-0.39, 0.29) is 35.8 Å². The molecule has 1 saturated carbocycles. The largest absolute Gasteiger partial charge is 0.487 e. The molecule has 1 fully saturated rings. The summed E-state index contributed by atoms with van der Waals surface area (Å²) in [5.74, 6) is 6.48. The molecule has 2 N–H and O–H groups in total. The molecular weight excluding hydrogens is 416 g/mol. The number of fused-ring (bicyclic) bond motifs is 1. The minimum absolute atomic E-state index is 0.0780. The Morgan fingerprint density at radius 3 is 2.61 bits per heavy atom. The molecule has 172 valence electrons. The van der Waals surface area contributed by atoms with Crippen LogP contribution in [0.4, 0.5) is 0 Å². The average Bonchev–Trinajstić information content (AvgIpc) is 3.52. The molecule has 0 amide bonds. The van der Waals surface area contributed by atoms with E-state index in [4.69, 9.17) is 4.74 Å². The van der Waals surface area contributed by atoms with Crippen molar-refractivity contribution in [1.82, 2.24) is 9.21 Å². The van der Waals surface area contributed by atoms with Crippen LogP contribution in [0.25, 0.3) is 0 Å². The predicted molar refractivity (Wildman–Crippen MR) is 119 cm³/mol. The van der Waals surface area contributed by atoms with Gasteiger partial charge in [0.15, 0.2) is 0 Å². The number of hydrogen-bond acceptors (Lipinski definition) is 6. The minimum atomic E-state index is -3.86. The van der Waals surface area contributed by atoms with Gasteiger partial charge in [-0.05, 0) is 57.9 Å². The summed E-state index contributed by atoms with van der Waals surface area (Å²) in [6.45, 7) is 6.98. The quantitative estimate of drug-likeness (QED) is 0.639. The first-order valence-electron chi connectivity index (χ1n) is 10.9. The Labute approximate surface area is 186 Å². The van der Waals surface area contributed by atoms with Crippen LogP contribution in [-0.4, -0.2) is 79.4 Å². The zero-order chi connectivity index (χ0) is 22.8. The third-order valence-electron chi connectivity index (χ3n) is 5.85. The highest BCUT2D eigenvalue weighted by atomic mass is 32.2. The highest BCUT2D eigenvalue weighted by molar-refractivity contribution is 7.89. The predicted octanol–water partition coefficient (Wildman–Crippen LogP) is 1.53. The van der Waals surface area contributed by atoms with Gasteiger partial charge in [0.1, 0.15) is 22.9 Å². The molecule has 0 spiro atoms. The summed E-state index contributed by atoms with van der Waals surface area (Å²) in [6.07, 6.45) is 1.53. The maximum absolute atomic E-state index is 13.4. The van der Waals surface area contributed by atoms with Crippen LogP contribution in [0, 0.1) is 23.7 Å². The molecule has 1 aromatic rings. The summed E-state index contributed by atoms with van der Waals surface area (Å²) in [5.41, 5.74) is 0.579. The molecule has 1 heterocycles. The Morgan fingerprint density at radius 1 is 1.29 bits per heavy atom. The highest BCUT2D eigenvalue weighted by Crippen LogP contribution is 2.35. The number of nitrogens with zero attached hydrogens (tertiary/aromatic N) is 2. The first-order valence-corrected chi connectivity index (χ1v) is 12.4. The summed E-state index contributed by atoms with van der Waals surface area (Å²) in [5, 5.41) is 19.2. The Balaban J connectivity index is 2.00. The Kier molecular flexibility index (Phi) is 7.66. The molecule has 7 nitrogen and oxygen atoms in total. The lowest BCUT2D eigenvalue weighted by atomic mass is 10.0. The van der Waals surface area contributed by atoms with E-state index in [1.54, 1.807) is 26.0 Å². The lowest BCUT2D eigenvalue weighted by Crippen LogP contribution is -2.49. The molecule has 1 aromatic carbocycles. The minimum Gasteiger partial charge on any atom is -0.487 e. The van der Waals surface area contributed by atoms with Gasteiger partial charge in [-0.1, -0.05) is 18.8 Å².